The highest BCUT2D eigenvalue weighted by atomic mass is 19.1. The normalized spacial score (nSPS) is 16.3. The third-order valence-corrected chi connectivity index (χ3v) is 4.78. The molecule has 0 radical (unpaired) electrons. The Bertz CT molecular complexity index is 709. The molecular weight excluding hydrogens is 317 g/mol. The third-order valence-electron chi connectivity index (χ3n) is 4.78. The fraction of sp³-hybridized carbons (Fsp3) is 0.526. The van der Waals surface area contributed by atoms with Gasteiger partial charge in [0.15, 0.2) is 11.5 Å². The van der Waals surface area contributed by atoms with Gasteiger partial charge in [-0.2, -0.15) is 15.0 Å². The predicted molar refractivity (Wildman–Crippen MR) is 98.2 cm³/mol. The number of alkyl halides is 1. The Morgan fingerprint density at radius 3 is 2.44 bits per heavy atom. The highest BCUT2D eigenvalue weighted by Crippen LogP contribution is 2.31. The number of nitrogens with zero attached hydrogens (tertiary/aromatic N) is 4. The van der Waals surface area contributed by atoms with Gasteiger partial charge >= 0.3 is 0 Å². The van der Waals surface area contributed by atoms with Crippen LogP contribution in [0.5, 0.6) is 0 Å². The first-order valence-corrected chi connectivity index (χ1v) is 8.87. The van der Waals surface area contributed by atoms with Gasteiger partial charge in [-0.15, -0.1) is 0 Å². The zero-order chi connectivity index (χ0) is 18.0. The highest BCUT2D eigenvalue weighted by molar-refractivity contribution is 5.39. The zero-order valence-corrected chi connectivity index (χ0v) is 15.1. The fourth-order valence-corrected chi connectivity index (χ4v) is 3.05. The van der Waals surface area contributed by atoms with Crippen molar-refractivity contribution >= 4 is 11.9 Å². The number of anilines is 2. The van der Waals surface area contributed by atoms with Crippen LogP contribution >= 0.6 is 0 Å². The van der Waals surface area contributed by atoms with Crippen LogP contribution < -0.4 is 10.6 Å². The Morgan fingerprint density at radius 2 is 1.88 bits per heavy atom. The third kappa shape index (κ3) is 4.06. The van der Waals surface area contributed by atoms with E-state index in [4.69, 9.17) is 5.73 Å². The fourth-order valence-electron chi connectivity index (χ4n) is 3.05. The summed E-state index contributed by atoms with van der Waals surface area (Å²) in [5.41, 5.74) is 5.45. The van der Waals surface area contributed by atoms with E-state index in [-0.39, 0.29) is 11.8 Å². The number of aromatic nitrogens is 3. The largest absolute Gasteiger partial charge is 0.368 e. The van der Waals surface area contributed by atoms with E-state index in [0.717, 1.165) is 19.4 Å². The van der Waals surface area contributed by atoms with Gasteiger partial charge in [0, 0.05) is 12.6 Å². The van der Waals surface area contributed by atoms with Crippen LogP contribution in [0.3, 0.4) is 0 Å². The minimum atomic E-state index is -1.65. The maximum absolute atomic E-state index is 14.3. The summed E-state index contributed by atoms with van der Waals surface area (Å²) in [5.74, 6) is 0.955. The molecule has 6 heteroatoms. The Kier molecular flexibility index (Phi) is 4.88. The van der Waals surface area contributed by atoms with Gasteiger partial charge in [0.05, 0.1) is 0 Å². The summed E-state index contributed by atoms with van der Waals surface area (Å²) >= 11 is 0. The first kappa shape index (κ1) is 17.6. The van der Waals surface area contributed by atoms with Crippen LogP contribution in [0.1, 0.15) is 57.3 Å². The van der Waals surface area contributed by atoms with Crippen LogP contribution in [0, 0.1) is 0 Å². The second-order valence-electron chi connectivity index (χ2n) is 7.34. The van der Waals surface area contributed by atoms with Crippen molar-refractivity contribution in [2.45, 2.75) is 57.7 Å². The standard InChI is InChI=1S/C19H26FN5/c1-13(14-8-5-4-6-9-14)12-25(15-10-7-11-15)18-23-16(19(2,3)20)22-17(21)24-18/h4-6,8-9,13,15H,7,10-12H2,1-3H3,(H2,21,22,23,24). The van der Waals surface area contributed by atoms with Gasteiger partial charge in [-0.1, -0.05) is 37.3 Å². The van der Waals surface area contributed by atoms with Crippen molar-refractivity contribution in [2.75, 3.05) is 17.2 Å². The highest BCUT2D eigenvalue weighted by Gasteiger charge is 2.31. The minimum Gasteiger partial charge on any atom is -0.368 e. The number of benzene rings is 1. The lowest BCUT2D eigenvalue weighted by Crippen LogP contribution is -2.43. The van der Waals surface area contributed by atoms with Gasteiger partial charge in [0.2, 0.25) is 11.9 Å². The molecule has 0 saturated heterocycles. The topological polar surface area (TPSA) is 67.9 Å². The molecule has 1 aromatic heterocycles. The molecule has 1 aliphatic carbocycles. The first-order chi connectivity index (χ1) is 11.8. The Hall–Kier alpha value is -2.24. The molecule has 1 heterocycles. The summed E-state index contributed by atoms with van der Waals surface area (Å²) in [6.07, 6.45) is 3.39. The maximum Gasteiger partial charge on any atom is 0.230 e. The van der Waals surface area contributed by atoms with Crippen molar-refractivity contribution in [1.82, 2.24) is 15.0 Å². The Balaban J connectivity index is 1.90. The Labute approximate surface area is 148 Å². The van der Waals surface area contributed by atoms with Crippen LogP contribution in [-0.4, -0.2) is 27.5 Å². The molecule has 0 amide bonds. The van der Waals surface area contributed by atoms with Crippen LogP contribution in [-0.2, 0) is 5.67 Å². The second kappa shape index (κ2) is 6.94. The summed E-state index contributed by atoms with van der Waals surface area (Å²) in [6.45, 7) is 5.83. The molecule has 1 aromatic carbocycles. The van der Waals surface area contributed by atoms with E-state index in [2.05, 4.69) is 38.9 Å². The van der Waals surface area contributed by atoms with Gasteiger partial charge < -0.3 is 10.6 Å². The van der Waals surface area contributed by atoms with Crippen molar-refractivity contribution < 1.29 is 4.39 Å². The van der Waals surface area contributed by atoms with Crippen molar-refractivity contribution in [3.8, 4) is 0 Å². The second-order valence-corrected chi connectivity index (χ2v) is 7.34. The van der Waals surface area contributed by atoms with Crippen molar-refractivity contribution in [1.29, 1.82) is 0 Å². The molecular formula is C19H26FN5. The molecule has 1 saturated carbocycles. The predicted octanol–water partition coefficient (Wildman–Crippen LogP) is 3.82. The molecule has 3 rings (SSSR count). The van der Waals surface area contributed by atoms with Crippen LogP contribution in [0.4, 0.5) is 16.3 Å². The van der Waals surface area contributed by atoms with Crippen molar-refractivity contribution in [2.24, 2.45) is 0 Å². The summed E-state index contributed by atoms with van der Waals surface area (Å²) in [5, 5.41) is 0. The van der Waals surface area contributed by atoms with Gasteiger partial charge in [-0.3, -0.25) is 0 Å². The van der Waals surface area contributed by atoms with Gasteiger partial charge in [-0.25, -0.2) is 4.39 Å². The van der Waals surface area contributed by atoms with Crippen LogP contribution in [0.15, 0.2) is 30.3 Å². The van der Waals surface area contributed by atoms with E-state index in [0.29, 0.717) is 17.9 Å². The number of nitrogen functional groups attached to an aromatic ring is 1. The van der Waals surface area contributed by atoms with E-state index < -0.39 is 5.67 Å². The van der Waals surface area contributed by atoms with E-state index in [9.17, 15) is 4.39 Å². The Morgan fingerprint density at radius 1 is 1.20 bits per heavy atom. The molecule has 1 aliphatic rings. The number of hydrogen-bond acceptors (Lipinski definition) is 5. The smallest absolute Gasteiger partial charge is 0.230 e. The van der Waals surface area contributed by atoms with E-state index >= 15 is 0 Å². The van der Waals surface area contributed by atoms with Gasteiger partial charge in [-0.05, 0) is 44.6 Å². The van der Waals surface area contributed by atoms with E-state index in [1.54, 1.807) is 0 Å². The molecule has 0 bridgehead atoms. The molecule has 2 N–H and O–H groups in total. The molecule has 1 atom stereocenters. The molecule has 1 fully saturated rings. The lowest BCUT2D eigenvalue weighted by atomic mass is 9.90. The molecule has 134 valence electrons. The lowest BCUT2D eigenvalue weighted by Gasteiger charge is -2.39. The van der Waals surface area contributed by atoms with Crippen LogP contribution in [0.25, 0.3) is 0 Å². The zero-order valence-electron chi connectivity index (χ0n) is 15.1. The quantitative estimate of drug-likeness (QED) is 0.863. The number of nitrogens with two attached hydrogens (primary N) is 1. The average molecular weight is 343 g/mol. The summed E-state index contributed by atoms with van der Waals surface area (Å²) in [4.78, 5) is 14.9. The van der Waals surface area contributed by atoms with Crippen molar-refractivity contribution in [3.05, 3.63) is 41.7 Å². The summed E-state index contributed by atoms with van der Waals surface area (Å²) in [6, 6.07) is 10.7. The SMILES string of the molecule is CC(CN(c1nc(N)nc(C(C)(C)F)n1)C1CCC1)c1ccccc1. The summed E-state index contributed by atoms with van der Waals surface area (Å²) in [7, 11) is 0. The first-order valence-electron chi connectivity index (χ1n) is 8.87. The van der Waals surface area contributed by atoms with E-state index in [1.807, 2.05) is 18.2 Å². The molecule has 0 aliphatic heterocycles. The van der Waals surface area contributed by atoms with Crippen LogP contribution in [0.2, 0.25) is 0 Å². The van der Waals surface area contributed by atoms with E-state index in [1.165, 1.54) is 25.8 Å². The minimum absolute atomic E-state index is 0.0717. The number of halogens is 1. The van der Waals surface area contributed by atoms with Gasteiger partial charge in [0.25, 0.3) is 0 Å². The number of rotatable bonds is 6. The maximum atomic E-state index is 14.3. The molecule has 0 spiro atoms. The molecule has 5 nitrogen and oxygen atoms in total. The molecule has 25 heavy (non-hydrogen) atoms. The lowest BCUT2D eigenvalue weighted by molar-refractivity contribution is 0.206. The van der Waals surface area contributed by atoms with Crippen molar-refractivity contribution in [3.63, 3.8) is 0 Å². The average Bonchev–Trinajstić information content (AvgIpc) is 2.52. The summed E-state index contributed by atoms with van der Waals surface area (Å²) < 4.78 is 14.3. The molecule has 1 unspecified atom stereocenters. The molecule has 2 aromatic rings. The monoisotopic (exact) mass is 343 g/mol. The number of hydrogen-bond donors (Lipinski definition) is 1. The van der Waals surface area contributed by atoms with Gasteiger partial charge in [0.1, 0.15) is 0 Å².